The average Bonchev–Trinajstić information content (AvgIpc) is 2.76. The molecule has 0 amide bonds. The van der Waals surface area contributed by atoms with Crippen molar-refractivity contribution < 1.29 is 14.3 Å². The van der Waals surface area contributed by atoms with Crippen molar-refractivity contribution >= 4 is 17.6 Å². The summed E-state index contributed by atoms with van der Waals surface area (Å²) in [7, 11) is 1.37. The Kier molecular flexibility index (Phi) is 4.46. The molecule has 0 fully saturated rings. The highest BCUT2D eigenvalue weighted by atomic mass is 35.5. The summed E-state index contributed by atoms with van der Waals surface area (Å²) in [5, 5.41) is 4.41. The van der Waals surface area contributed by atoms with Crippen LogP contribution in [0.3, 0.4) is 0 Å². The van der Waals surface area contributed by atoms with Gasteiger partial charge in [-0.15, -0.1) is 0 Å². The van der Waals surface area contributed by atoms with E-state index in [0.717, 1.165) is 22.8 Å². The van der Waals surface area contributed by atoms with Crippen LogP contribution in [-0.2, 0) is 11.3 Å². The molecule has 1 aromatic rings. The van der Waals surface area contributed by atoms with Crippen LogP contribution < -0.4 is 10.1 Å². The Morgan fingerprint density at radius 2 is 2.30 bits per heavy atom. The van der Waals surface area contributed by atoms with Gasteiger partial charge in [-0.05, 0) is 24.6 Å². The number of carbonyl (C=O) groups is 1. The zero-order valence-corrected chi connectivity index (χ0v) is 14.0. The third kappa shape index (κ3) is 3.28. The number of halogens is 1. The third-order valence-electron chi connectivity index (χ3n) is 4.53. The summed E-state index contributed by atoms with van der Waals surface area (Å²) in [6.45, 7) is 3.38. The van der Waals surface area contributed by atoms with E-state index in [0.29, 0.717) is 18.7 Å². The Labute approximate surface area is 141 Å². The standard InChI is InChI=1S/C18H20ClNO3/c1-18(7-3-4-14(19)9-18)16-11-23-15-8-12(17(21)22-2)5-6-13(15)10-20-16/h3-8,16,20H,9-11H2,1-2H3/t16-,18-/m1/s1. The smallest absolute Gasteiger partial charge is 0.337 e. The molecule has 5 heteroatoms. The summed E-state index contributed by atoms with van der Waals surface area (Å²) in [4.78, 5) is 11.7. The van der Waals surface area contributed by atoms with Crippen molar-refractivity contribution in [3.63, 3.8) is 0 Å². The molecule has 23 heavy (non-hydrogen) atoms. The maximum atomic E-state index is 11.7. The maximum Gasteiger partial charge on any atom is 0.337 e. The van der Waals surface area contributed by atoms with Gasteiger partial charge in [0, 0.05) is 22.6 Å². The lowest BCUT2D eigenvalue weighted by molar-refractivity contribution is 0.0600. The van der Waals surface area contributed by atoms with Crippen molar-refractivity contribution in [3.8, 4) is 5.75 Å². The molecule has 0 radical (unpaired) electrons. The van der Waals surface area contributed by atoms with Crippen LogP contribution in [0.1, 0.15) is 29.3 Å². The van der Waals surface area contributed by atoms with Crippen LogP contribution in [0.4, 0.5) is 0 Å². The average molecular weight is 334 g/mol. The van der Waals surface area contributed by atoms with Crippen molar-refractivity contribution in [1.29, 1.82) is 0 Å². The molecule has 122 valence electrons. The number of carbonyl (C=O) groups excluding carboxylic acids is 1. The largest absolute Gasteiger partial charge is 0.492 e. The van der Waals surface area contributed by atoms with E-state index in [4.69, 9.17) is 21.1 Å². The van der Waals surface area contributed by atoms with Crippen molar-refractivity contribution in [1.82, 2.24) is 5.32 Å². The first-order chi connectivity index (χ1) is 11.0. The van der Waals surface area contributed by atoms with Crippen molar-refractivity contribution in [2.75, 3.05) is 13.7 Å². The molecule has 4 nitrogen and oxygen atoms in total. The summed E-state index contributed by atoms with van der Waals surface area (Å²) in [6, 6.07) is 5.55. The number of hydrogen-bond acceptors (Lipinski definition) is 4. The van der Waals surface area contributed by atoms with E-state index in [1.165, 1.54) is 7.11 Å². The molecule has 1 aliphatic carbocycles. The van der Waals surface area contributed by atoms with Gasteiger partial charge in [0.15, 0.2) is 0 Å². The van der Waals surface area contributed by atoms with E-state index in [-0.39, 0.29) is 17.4 Å². The van der Waals surface area contributed by atoms with Crippen LogP contribution in [0.2, 0.25) is 0 Å². The Bertz CT molecular complexity index is 683. The van der Waals surface area contributed by atoms with E-state index >= 15 is 0 Å². The van der Waals surface area contributed by atoms with Crippen LogP contribution >= 0.6 is 11.6 Å². The fraction of sp³-hybridized carbons (Fsp3) is 0.389. The maximum absolute atomic E-state index is 11.7. The van der Waals surface area contributed by atoms with Gasteiger partial charge in [0.1, 0.15) is 12.4 Å². The number of allylic oxidation sites excluding steroid dienone is 3. The first kappa shape index (κ1) is 16.1. The lowest BCUT2D eigenvalue weighted by atomic mass is 9.77. The lowest BCUT2D eigenvalue weighted by Crippen LogP contribution is -2.45. The van der Waals surface area contributed by atoms with Crippen LogP contribution in [0.15, 0.2) is 41.5 Å². The SMILES string of the molecule is COC(=O)c1ccc2c(c1)OC[C@H]([C@]1(C)C=CC=C(Cl)C1)NC2. The number of rotatable bonds is 2. The summed E-state index contributed by atoms with van der Waals surface area (Å²) >= 11 is 6.21. The molecule has 0 saturated heterocycles. The van der Waals surface area contributed by atoms with E-state index in [1.807, 2.05) is 18.2 Å². The fourth-order valence-electron chi connectivity index (χ4n) is 3.06. The molecule has 1 heterocycles. The zero-order valence-electron chi connectivity index (χ0n) is 13.3. The normalized spacial score (nSPS) is 26.6. The number of ether oxygens (including phenoxy) is 2. The molecule has 1 N–H and O–H groups in total. The fourth-order valence-corrected chi connectivity index (χ4v) is 3.42. The van der Waals surface area contributed by atoms with Gasteiger partial charge in [-0.3, -0.25) is 0 Å². The highest BCUT2D eigenvalue weighted by Crippen LogP contribution is 2.37. The van der Waals surface area contributed by atoms with E-state index in [1.54, 1.807) is 12.1 Å². The van der Waals surface area contributed by atoms with Gasteiger partial charge in [0.25, 0.3) is 0 Å². The van der Waals surface area contributed by atoms with E-state index in [9.17, 15) is 4.79 Å². The van der Waals surface area contributed by atoms with Gasteiger partial charge in [-0.1, -0.05) is 36.7 Å². The lowest BCUT2D eigenvalue weighted by Gasteiger charge is -2.36. The van der Waals surface area contributed by atoms with Gasteiger partial charge in [0.2, 0.25) is 0 Å². The van der Waals surface area contributed by atoms with Gasteiger partial charge >= 0.3 is 5.97 Å². The molecular formula is C18H20ClNO3. The Morgan fingerprint density at radius 1 is 1.48 bits per heavy atom. The first-order valence-corrected chi connectivity index (χ1v) is 8.01. The molecule has 0 saturated carbocycles. The number of nitrogens with one attached hydrogen (secondary N) is 1. The van der Waals surface area contributed by atoms with Crippen LogP contribution in [-0.4, -0.2) is 25.7 Å². The van der Waals surface area contributed by atoms with Gasteiger partial charge in [0.05, 0.1) is 18.7 Å². The van der Waals surface area contributed by atoms with Crippen LogP contribution in [0.5, 0.6) is 5.75 Å². The number of hydrogen-bond donors (Lipinski definition) is 1. The quantitative estimate of drug-likeness (QED) is 0.843. The zero-order chi connectivity index (χ0) is 16.4. The van der Waals surface area contributed by atoms with Crippen molar-refractivity contribution in [3.05, 3.63) is 52.6 Å². The van der Waals surface area contributed by atoms with Crippen LogP contribution in [0.25, 0.3) is 0 Å². The second kappa shape index (κ2) is 6.38. The molecule has 1 aliphatic heterocycles. The Morgan fingerprint density at radius 3 is 3.04 bits per heavy atom. The predicted molar refractivity (Wildman–Crippen MR) is 89.7 cm³/mol. The van der Waals surface area contributed by atoms with E-state index in [2.05, 4.69) is 18.3 Å². The summed E-state index contributed by atoms with van der Waals surface area (Å²) in [5.74, 6) is 0.372. The molecule has 2 atom stereocenters. The molecule has 0 aromatic heterocycles. The number of benzene rings is 1. The summed E-state index contributed by atoms with van der Waals surface area (Å²) in [6.07, 6.45) is 6.89. The molecule has 1 aromatic carbocycles. The van der Waals surface area contributed by atoms with Crippen LogP contribution in [0, 0.1) is 5.41 Å². The molecule has 0 bridgehead atoms. The molecule has 2 aliphatic rings. The topological polar surface area (TPSA) is 47.6 Å². The highest BCUT2D eigenvalue weighted by Gasteiger charge is 2.35. The predicted octanol–water partition coefficient (Wildman–Crippen LogP) is 3.41. The molecular weight excluding hydrogens is 314 g/mol. The van der Waals surface area contributed by atoms with Gasteiger partial charge in [-0.25, -0.2) is 4.79 Å². The minimum absolute atomic E-state index is 0.0982. The second-order valence-electron chi connectivity index (χ2n) is 6.21. The Hall–Kier alpha value is -1.78. The van der Waals surface area contributed by atoms with Gasteiger partial charge in [-0.2, -0.15) is 0 Å². The van der Waals surface area contributed by atoms with E-state index < -0.39 is 0 Å². The summed E-state index contributed by atoms with van der Waals surface area (Å²) in [5.41, 5.74) is 1.43. The first-order valence-electron chi connectivity index (χ1n) is 7.63. The molecule has 0 unspecified atom stereocenters. The number of fused-ring (bicyclic) bond motifs is 1. The second-order valence-corrected chi connectivity index (χ2v) is 6.70. The molecule has 0 spiro atoms. The number of methoxy groups -OCH3 is 1. The molecule has 3 rings (SSSR count). The van der Waals surface area contributed by atoms with Gasteiger partial charge < -0.3 is 14.8 Å². The highest BCUT2D eigenvalue weighted by molar-refractivity contribution is 6.29. The monoisotopic (exact) mass is 333 g/mol. The third-order valence-corrected chi connectivity index (χ3v) is 4.79. The van der Waals surface area contributed by atoms with Crippen molar-refractivity contribution in [2.24, 2.45) is 5.41 Å². The summed E-state index contributed by atoms with van der Waals surface area (Å²) < 4.78 is 10.7. The minimum Gasteiger partial charge on any atom is -0.492 e. The number of esters is 1. The Balaban J connectivity index is 1.79. The van der Waals surface area contributed by atoms with Crippen molar-refractivity contribution in [2.45, 2.75) is 25.9 Å². The minimum atomic E-state index is -0.357.